The molecule has 0 bridgehead atoms. The van der Waals surface area contributed by atoms with Crippen LogP contribution in [0.4, 0.5) is 5.69 Å². The van der Waals surface area contributed by atoms with Crippen LogP contribution >= 0.6 is 0 Å². The average Bonchev–Trinajstić information content (AvgIpc) is 2.54. The molecular weight excluding hydrogens is 270 g/mol. The second-order valence-electron chi connectivity index (χ2n) is 4.84. The van der Waals surface area contributed by atoms with Gasteiger partial charge in [-0.1, -0.05) is 0 Å². The van der Waals surface area contributed by atoms with Crippen LogP contribution in [0.15, 0.2) is 24.3 Å². The van der Waals surface area contributed by atoms with Crippen LogP contribution in [0.2, 0.25) is 0 Å². The van der Waals surface area contributed by atoms with Crippen LogP contribution in [-0.2, 0) is 14.3 Å². The maximum absolute atomic E-state index is 11.9. The van der Waals surface area contributed by atoms with E-state index in [0.717, 1.165) is 0 Å². The van der Waals surface area contributed by atoms with Gasteiger partial charge in [0.2, 0.25) is 11.8 Å². The summed E-state index contributed by atoms with van der Waals surface area (Å²) in [6.07, 6.45) is 1.39. The molecule has 0 aliphatic carbocycles. The van der Waals surface area contributed by atoms with Gasteiger partial charge < -0.3 is 15.4 Å². The van der Waals surface area contributed by atoms with E-state index in [1.54, 1.807) is 24.3 Å². The molecule has 0 saturated carbocycles. The van der Waals surface area contributed by atoms with Crippen LogP contribution in [0.1, 0.15) is 18.4 Å². The highest BCUT2D eigenvalue weighted by atomic mass is 16.5. The van der Waals surface area contributed by atoms with E-state index >= 15 is 0 Å². The Morgan fingerprint density at radius 3 is 2.52 bits per heavy atom. The zero-order valence-corrected chi connectivity index (χ0v) is 11.6. The molecule has 6 heteroatoms. The highest BCUT2D eigenvalue weighted by Crippen LogP contribution is 2.14. The van der Waals surface area contributed by atoms with Crippen molar-refractivity contribution in [2.45, 2.75) is 12.8 Å². The van der Waals surface area contributed by atoms with Crippen LogP contribution in [0.25, 0.3) is 0 Å². The lowest BCUT2D eigenvalue weighted by atomic mass is 9.99. The van der Waals surface area contributed by atoms with Crippen LogP contribution in [0.5, 0.6) is 0 Å². The number of anilines is 1. The molecule has 1 aromatic carbocycles. The van der Waals surface area contributed by atoms with Crippen LogP contribution in [0.3, 0.4) is 0 Å². The Hall–Kier alpha value is -2.39. The molecule has 2 N–H and O–H groups in total. The van der Waals surface area contributed by atoms with Gasteiger partial charge in [-0.3, -0.25) is 9.59 Å². The Morgan fingerprint density at radius 1 is 1.24 bits per heavy atom. The third-order valence-corrected chi connectivity index (χ3v) is 3.31. The molecule has 0 radical (unpaired) electrons. The minimum absolute atomic E-state index is 0.0593. The third kappa shape index (κ3) is 4.58. The van der Waals surface area contributed by atoms with Crippen LogP contribution < -0.4 is 10.6 Å². The first-order valence-electron chi connectivity index (χ1n) is 6.84. The maximum Gasteiger partial charge on any atom is 0.243 e. The molecule has 1 saturated heterocycles. The van der Waals surface area contributed by atoms with Crippen molar-refractivity contribution in [3.8, 4) is 6.07 Å². The lowest BCUT2D eigenvalue weighted by molar-refractivity contribution is -0.129. The summed E-state index contributed by atoms with van der Waals surface area (Å²) in [5.74, 6) is -0.463. The topological polar surface area (TPSA) is 91.2 Å². The van der Waals surface area contributed by atoms with Gasteiger partial charge in [0.15, 0.2) is 0 Å². The highest BCUT2D eigenvalue weighted by molar-refractivity contribution is 5.94. The maximum atomic E-state index is 11.9. The van der Waals surface area contributed by atoms with Gasteiger partial charge >= 0.3 is 0 Å². The van der Waals surface area contributed by atoms with E-state index in [0.29, 0.717) is 37.3 Å². The first-order chi connectivity index (χ1) is 10.2. The molecule has 1 heterocycles. The Kier molecular flexibility index (Phi) is 5.29. The van der Waals surface area contributed by atoms with E-state index in [1.165, 1.54) is 0 Å². The minimum Gasteiger partial charge on any atom is -0.381 e. The molecule has 110 valence electrons. The number of ether oxygens (including phenoxy) is 1. The number of hydrogen-bond acceptors (Lipinski definition) is 4. The molecule has 1 aliphatic rings. The lowest BCUT2D eigenvalue weighted by Crippen LogP contribution is -2.38. The van der Waals surface area contributed by atoms with E-state index in [-0.39, 0.29) is 24.3 Å². The van der Waals surface area contributed by atoms with E-state index in [2.05, 4.69) is 10.6 Å². The summed E-state index contributed by atoms with van der Waals surface area (Å²) in [5, 5.41) is 14.0. The summed E-state index contributed by atoms with van der Waals surface area (Å²) in [5.41, 5.74) is 1.13. The first-order valence-corrected chi connectivity index (χ1v) is 6.84. The molecule has 1 aromatic rings. The van der Waals surface area contributed by atoms with Crippen molar-refractivity contribution in [3.05, 3.63) is 29.8 Å². The van der Waals surface area contributed by atoms with Crippen molar-refractivity contribution in [2.75, 3.05) is 25.1 Å². The largest absolute Gasteiger partial charge is 0.381 e. The molecule has 1 aliphatic heterocycles. The molecule has 1 fully saturated rings. The Bertz CT molecular complexity index is 542. The number of hydrogen-bond donors (Lipinski definition) is 2. The van der Waals surface area contributed by atoms with E-state index < -0.39 is 0 Å². The van der Waals surface area contributed by atoms with Crippen LogP contribution in [-0.4, -0.2) is 31.6 Å². The standard InChI is InChI=1S/C15H17N3O3/c16-9-11-1-3-13(4-2-11)18-14(19)10-17-15(20)12-5-7-21-8-6-12/h1-4,12H,5-8,10H2,(H,17,20)(H,18,19). The lowest BCUT2D eigenvalue weighted by Gasteiger charge is -2.21. The normalized spacial score (nSPS) is 15.0. The number of carbonyl (C=O) groups excluding carboxylic acids is 2. The first kappa shape index (κ1) is 15.0. The van der Waals surface area contributed by atoms with Crippen molar-refractivity contribution in [1.82, 2.24) is 5.32 Å². The van der Waals surface area contributed by atoms with Crippen molar-refractivity contribution >= 4 is 17.5 Å². The van der Waals surface area contributed by atoms with Crippen molar-refractivity contribution in [3.63, 3.8) is 0 Å². The smallest absolute Gasteiger partial charge is 0.243 e. The van der Waals surface area contributed by atoms with E-state index in [1.807, 2.05) is 6.07 Å². The number of rotatable bonds is 4. The van der Waals surface area contributed by atoms with Gasteiger partial charge in [-0.15, -0.1) is 0 Å². The molecule has 2 amide bonds. The molecule has 0 unspecified atom stereocenters. The second-order valence-corrected chi connectivity index (χ2v) is 4.84. The van der Waals surface area contributed by atoms with Crippen molar-refractivity contribution in [2.24, 2.45) is 5.92 Å². The van der Waals surface area contributed by atoms with Gasteiger partial charge in [-0.05, 0) is 37.1 Å². The fourth-order valence-electron chi connectivity index (χ4n) is 2.10. The van der Waals surface area contributed by atoms with Gasteiger partial charge in [-0.25, -0.2) is 0 Å². The second kappa shape index (κ2) is 7.41. The number of nitrogens with zero attached hydrogens (tertiary/aromatic N) is 1. The summed E-state index contributed by atoms with van der Waals surface area (Å²) in [4.78, 5) is 23.6. The Morgan fingerprint density at radius 2 is 1.90 bits per heavy atom. The fraction of sp³-hybridized carbons (Fsp3) is 0.400. The Balaban J connectivity index is 1.76. The predicted octanol–water partition coefficient (Wildman–Crippen LogP) is 1.04. The summed E-state index contributed by atoms with van der Waals surface area (Å²) in [7, 11) is 0. The molecule has 21 heavy (non-hydrogen) atoms. The number of nitrogens with one attached hydrogen (secondary N) is 2. The third-order valence-electron chi connectivity index (χ3n) is 3.31. The van der Waals surface area contributed by atoms with Gasteiger partial charge in [-0.2, -0.15) is 5.26 Å². The SMILES string of the molecule is N#Cc1ccc(NC(=O)CNC(=O)C2CCOCC2)cc1. The van der Waals surface area contributed by atoms with Crippen molar-refractivity contribution < 1.29 is 14.3 Å². The number of benzene rings is 1. The zero-order chi connectivity index (χ0) is 15.1. The number of carbonyl (C=O) groups is 2. The summed E-state index contributed by atoms with van der Waals surface area (Å²) in [6, 6.07) is 8.55. The molecule has 2 rings (SSSR count). The quantitative estimate of drug-likeness (QED) is 0.865. The van der Waals surface area contributed by atoms with Gasteiger partial charge in [0.05, 0.1) is 18.2 Å². The molecule has 0 atom stereocenters. The van der Waals surface area contributed by atoms with Gasteiger partial charge in [0.1, 0.15) is 0 Å². The molecule has 0 aromatic heterocycles. The average molecular weight is 287 g/mol. The van der Waals surface area contributed by atoms with Crippen LogP contribution in [0, 0.1) is 17.2 Å². The Labute approximate surface area is 123 Å². The van der Waals surface area contributed by atoms with Crippen molar-refractivity contribution in [1.29, 1.82) is 5.26 Å². The molecular formula is C15H17N3O3. The molecule has 6 nitrogen and oxygen atoms in total. The summed E-state index contributed by atoms with van der Waals surface area (Å²) < 4.78 is 5.19. The summed E-state index contributed by atoms with van der Waals surface area (Å²) >= 11 is 0. The van der Waals surface area contributed by atoms with E-state index in [4.69, 9.17) is 10.00 Å². The zero-order valence-electron chi connectivity index (χ0n) is 11.6. The number of amides is 2. The highest BCUT2D eigenvalue weighted by Gasteiger charge is 2.21. The van der Waals surface area contributed by atoms with Gasteiger partial charge in [0, 0.05) is 24.8 Å². The number of nitriles is 1. The summed E-state index contributed by atoms with van der Waals surface area (Å²) in [6.45, 7) is 1.13. The minimum atomic E-state index is -0.292. The van der Waals surface area contributed by atoms with Gasteiger partial charge in [0.25, 0.3) is 0 Å². The predicted molar refractivity (Wildman–Crippen MR) is 76.3 cm³/mol. The monoisotopic (exact) mass is 287 g/mol. The fourth-order valence-corrected chi connectivity index (χ4v) is 2.10. The molecule has 0 spiro atoms. The van der Waals surface area contributed by atoms with E-state index in [9.17, 15) is 9.59 Å².